The van der Waals surface area contributed by atoms with E-state index >= 15 is 0 Å². The lowest BCUT2D eigenvalue weighted by molar-refractivity contribution is -0.473. The molecule has 0 atom stereocenters. The smallest absolute Gasteiger partial charge is 0.358 e. The van der Waals surface area contributed by atoms with Crippen LogP contribution in [0.25, 0.3) is 0 Å². The SMILES string of the molecule is N/C(=C(\N)[N+](=O)[O-])[N+](=O)[O-]. The molecule has 8 heteroatoms. The van der Waals surface area contributed by atoms with Crippen LogP contribution in [0.5, 0.6) is 0 Å². The number of rotatable bonds is 2. The van der Waals surface area contributed by atoms with Gasteiger partial charge >= 0.3 is 11.6 Å². The molecule has 0 aromatic carbocycles. The molecule has 8 nitrogen and oxygen atoms in total. The van der Waals surface area contributed by atoms with Crippen molar-refractivity contribution in [1.82, 2.24) is 0 Å². The van der Waals surface area contributed by atoms with Gasteiger partial charge in [0.25, 0.3) is 0 Å². The van der Waals surface area contributed by atoms with E-state index in [9.17, 15) is 20.2 Å². The molecule has 0 aliphatic rings. The summed E-state index contributed by atoms with van der Waals surface area (Å²) in [6.45, 7) is 0. The molecule has 0 rings (SSSR count). The highest BCUT2D eigenvalue weighted by molar-refractivity contribution is 4.88. The maximum atomic E-state index is 9.68. The first-order valence-electron chi connectivity index (χ1n) is 2.00. The third-order valence-corrected chi connectivity index (χ3v) is 0.656. The van der Waals surface area contributed by atoms with Crippen LogP contribution in [0.15, 0.2) is 11.6 Å². The van der Waals surface area contributed by atoms with Gasteiger partial charge in [-0.3, -0.25) is 11.5 Å². The van der Waals surface area contributed by atoms with Crippen LogP contribution in [-0.4, -0.2) is 9.85 Å². The Balaban J connectivity index is 4.67. The standard InChI is InChI=1S/C2H4N4O4/c3-1(5(7)8)2(4)6(9)10/h3-4H2/b2-1-. The van der Waals surface area contributed by atoms with Gasteiger partial charge in [0, 0.05) is 0 Å². The van der Waals surface area contributed by atoms with E-state index in [0.717, 1.165) is 0 Å². The Kier molecular flexibility index (Phi) is 2.13. The Bertz CT molecular complexity index is 185. The average Bonchev–Trinajstić information content (AvgIpc) is 1.84. The van der Waals surface area contributed by atoms with E-state index in [-0.39, 0.29) is 0 Å². The largest absolute Gasteiger partial charge is 0.408 e. The lowest BCUT2D eigenvalue weighted by Crippen LogP contribution is -2.21. The van der Waals surface area contributed by atoms with Gasteiger partial charge in [-0.05, 0) is 9.85 Å². The summed E-state index contributed by atoms with van der Waals surface area (Å²) >= 11 is 0. The zero-order valence-corrected chi connectivity index (χ0v) is 4.68. The molecule has 0 spiro atoms. The summed E-state index contributed by atoms with van der Waals surface area (Å²) in [6, 6.07) is 0. The van der Waals surface area contributed by atoms with Crippen molar-refractivity contribution < 1.29 is 9.85 Å². The number of nitrogens with two attached hydrogens (primary N) is 2. The number of hydrogen-bond donors (Lipinski definition) is 2. The molecule has 0 aromatic rings. The Morgan fingerprint density at radius 1 is 1.00 bits per heavy atom. The molecule has 0 unspecified atom stereocenters. The van der Waals surface area contributed by atoms with Crippen molar-refractivity contribution in [2.45, 2.75) is 0 Å². The van der Waals surface area contributed by atoms with Crippen molar-refractivity contribution in [3.63, 3.8) is 0 Å². The van der Waals surface area contributed by atoms with Crippen LogP contribution in [-0.2, 0) is 0 Å². The molecule has 56 valence electrons. The van der Waals surface area contributed by atoms with Crippen LogP contribution in [0, 0.1) is 20.2 Å². The molecule has 0 amide bonds. The van der Waals surface area contributed by atoms with Crippen molar-refractivity contribution in [3.05, 3.63) is 31.9 Å². The Morgan fingerprint density at radius 2 is 1.20 bits per heavy atom. The van der Waals surface area contributed by atoms with Gasteiger partial charge in [0.1, 0.15) is 0 Å². The van der Waals surface area contributed by atoms with Gasteiger partial charge in [-0.25, -0.2) is 0 Å². The molecule has 4 N–H and O–H groups in total. The van der Waals surface area contributed by atoms with E-state index in [1.807, 2.05) is 0 Å². The number of nitrogens with zero attached hydrogens (tertiary/aromatic N) is 2. The molecule has 0 aliphatic heterocycles. The van der Waals surface area contributed by atoms with Crippen molar-refractivity contribution in [2.24, 2.45) is 11.5 Å². The third kappa shape index (κ3) is 1.58. The molecule has 0 heterocycles. The molecule has 0 aromatic heterocycles. The summed E-state index contributed by atoms with van der Waals surface area (Å²) in [5.74, 6) is -2.30. The molecule has 0 saturated heterocycles. The predicted molar refractivity (Wildman–Crippen MR) is 29.4 cm³/mol. The molecule has 0 aliphatic carbocycles. The fourth-order valence-corrected chi connectivity index (χ4v) is 0.187. The lowest BCUT2D eigenvalue weighted by atomic mass is 10.7. The van der Waals surface area contributed by atoms with Crippen molar-refractivity contribution in [1.29, 1.82) is 0 Å². The second-order valence-corrected chi connectivity index (χ2v) is 1.28. The molecule has 0 bridgehead atoms. The van der Waals surface area contributed by atoms with Crippen LogP contribution < -0.4 is 11.5 Å². The van der Waals surface area contributed by atoms with E-state index in [1.54, 1.807) is 0 Å². The van der Waals surface area contributed by atoms with E-state index < -0.39 is 21.5 Å². The van der Waals surface area contributed by atoms with Gasteiger partial charge in [0.15, 0.2) is 0 Å². The van der Waals surface area contributed by atoms with E-state index in [4.69, 9.17) is 0 Å². The highest BCUT2D eigenvalue weighted by atomic mass is 16.6. The minimum Gasteiger partial charge on any atom is -0.358 e. The van der Waals surface area contributed by atoms with Crippen LogP contribution in [0.1, 0.15) is 0 Å². The summed E-state index contributed by atoms with van der Waals surface area (Å²) in [5, 5.41) is 19.4. The first kappa shape index (κ1) is 8.14. The minimum absolute atomic E-state index is 1.13. The van der Waals surface area contributed by atoms with Crippen molar-refractivity contribution >= 4 is 0 Å². The zero-order valence-electron chi connectivity index (χ0n) is 4.68. The normalized spacial score (nSPS) is 12.0. The minimum atomic E-state index is -1.15. The number of nitro groups is 2. The topological polar surface area (TPSA) is 138 Å². The Labute approximate surface area is 54.4 Å². The highest BCUT2D eigenvalue weighted by Crippen LogP contribution is 1.91. The van der Waals surface area contributed by atoms with Gasteiger partial charge in [0.05, 0.1) is 0 Å². The molecule has 0 radical (unpaired) electrons. The summed E-state index contributed by atoms with van der Waals surface area (Å²) in [4.78, 5) is 17.1. The Morgan fingerprint density at radius 3 is 1.30 bits per heavy atom. The van der Waals surface area contributed by atoms with Gasteiger partial charge in [-0.2, -0.15) is 0 Å². The molecular formula is C2H4N4O4. The van der Waals surface area contributed by atoms with Crippen molar-refractivity contribution in [2.75, 3.05) is 0 Å². The lowest BCUT2D eigenvalue weighted by Gasteiger charge is -1.94. The fourth-order valence-electron chi connectivity index (χ4n) is 0.187. The first-order valence-corrected chi connectivity index (χ1v) is 2.00. The summed E-state index contributed by atoms with van der Waals surface area (Å²) in [6.07, 6.45) is 0. The highest BCUT2D eigenvalue weighted by Gasteiger charge is 2.16. The van der Waals surface area contributed by atoms with Crippen LogP contribution in [0.4, 0.5) is 0 Å². The summed E-state index contributed by atoms with van der Waals surface area (Å²) in [7, 11) is 0. The van der Waals surface area contributed by atoms with Crippen molar-refractivity contribution in [3.8, 4) is 0 Å². The van der Waals surface area contributed by atoms with Gasteiger partial charge in [0.2, 0.25) is 0 Å². The van der Waals surface area contributed by atoms with Gasteiger partial charge < -0.3 is 20.2 Å². The molecule has 10 heavy (non-hydrogen) atoms. The maximum absolute atomic E-state index is 9.68. The molecule has 0 fully saturated rings. The molecular weight excluding hydrogens is 144 g/mol. The summed E-state index contributed by atoms with van der Waals surface area (Å²) < 4.78 is 0. The average molecular weight is 148 g/mol. The van der Waals surface area contributed by atoms with E-state index in [1.165, 1.54) is 0 Å². The third-order valence-electron chi connectivity index (χ3n) is 0.656. The van der Waals surface area contributed by atoms with Gasteiger partial charge in [-0.1, -0.05) is 0 Å². The maximum Gasteiger partial charge on any atom is 0.408 e. The number of hydrogen-bond acceptors (Lipinski definition) is 6. The quantitative estimate of drug-likeness (QED) is 0.364. The second-order valence-electron chi connectivity index (χ2n) is 1.28. The first-order chi connectivity index (χ1) is 4.46. The zero-order chi connectivity index (χ0) is 8.31. The molecule has 0 saturated carbocycles. The van der Waals surface area contributed by atoms with Crippen LogP contribution in [0.3, 0.4) is 0 Å². The fraction of sp³-hybridized carbons (Fsp3) is 0. The van der Waals surface area contributed by atoms with Crippen LogP contribution >= 0.6 is 0 Å². The summed E-state index contributed by atoms with van der Waals surface area (Å²) in [5.41, 5.74) is 9.15. The van der Waals surface area contributed by atoms with Crippen LogP contribution in [0.2, 0.25) is 0 Å². The Hall–Kier alpha value is -1.86. The monoisotopic (exact) mass is 148 g/mol. The van der Waals surface area contributed by atoms with E-state index in [0.29, 0.717) is 0 Å². The second kappa shape index (κ2) is 2.62. The van der Waals surface area contributed by atoms with E-state index in [2.05, 4.69) is 11.5 Å². The predicted octanol–water partition coefficient (Wildman–Crippen LogP) is -1.42. The van der Waals surface area contributed by atoms with Gasteiger partial charge in [-0.15, -0.1) is 0 Å².